The third-order valence-corrected chi connectivity index (χ3v) is 5.68. The number of halogens is 1. The summed E-state index contributed by atoms with van der Waals surface area (Å²) in [5.74, 6) is 0. The molecule has 0 N–H and O–H groups in total. The number of azide groups is 1. The molecule has 1 aromatic carbocycles. The van der Waals surface area contributed by atoms with E-state index in [0.717, 1.165) is 63.5 Å². The second-order valence-corrected chi connectivity index (χ2v) is 7.93. The van der Waals surface area contributed by atoms with Gasteiger partial charge in [0.15, 0.2) is 0 Å². The fraction of sp³-hybridized carbons (Fsp3) is 0.476. The molecule has 0 spiro atoms. The standard InChI is InChI=1S/C21H26ClN7O2/c22-17-3-5-20-19(15-17)24-7-9-29(20)28-12-10-27(11-13-28)8-1-2-14-30-21-6-4-18(16-31-21)25-26-23/h3-7,15-16,21H,1-2,8-14H2. The Bertz CT molecular complexity index is 905. The number of hydrogen-bond acceptors (Lipinski definition) is 7. The number of hydrogen-bond donors (Lipinski definition) is 0. The number of piperazine rings is 1. The fourth-order valence-corrected chi connectivity index (χ4v) is 4.01. The maximum absolute atomic E-state index is 8.40. The monoisotopic (exact) mass is 443 g/mol. The van der Waals surface area contributed by atoms with Crippen molar-refractivity contribution in [3.63, 3.8) is 0 Å². The van der Waals surface area contributed by atoms with E-state index in [-0.39, 0.29) is 0 Å². The summed E-state index contributed by atoms with van der Waals surface area (Å²) in [4.78, 5) is 9.71. The molecule has 0 aliphatic carbocycles. The lowest BCUT2D eigenvalue weighted by atomic mass is 10.2. The van der Waals surface area contributed by atoms with Gasteiger partial charge >= 0.3 is 0 Å². The summed E-state index contributed by atoms with van der Waals surface area (Å²) in [6.07, 6.45) is 8.46. The van der Waals surface area contributed by atoms with Gasteiger partial charge in [0.2, 0.25) is 6.29 Å². The van der Waals surface area contributed by atoms with Crippen LogP contribution in [0.1, 0.15) is 12.8 Å². The first-order chi connectivity index (χ1) is 15.2. The van der Waals surface area contributed by atoms with Crippen LogP contribution in [-0.4, -0.2) is 68.3 Å². The highest BCUT2D eigenvalue weighted by Gasteiger charge is 2.25. The van der Waals surface area contributed by atoms with E-state index in [0.29, 0.717) is 17.3 Å². The molecule has 164 valence electrons. The Morgan fingerprint density at radius 3 is 2.90 bits per heavy atom. The van der Waals surface area contributed by atoms with E-state index >= 15 is 0 Å². The Morgan fingerprint density at radius 1 is 1.26 bits per heavy atom. The Morgan fingerprint density at radius 2 is 2.13 bits per heavy atom. The van der Waals surface area contributed by atoms with Gasteiger partial charge in [0.1, 0.15) is 0 Å². The van der Waals surface area contributed by atoms with E-state index in [9.17, 15) is 0 Å². The highest BCUT2D eigenvalue weighted by atomic mass is 35.5. The zero-order valence-electron chi connectivity index (χ0n) is 17.3. The number of hydrazine groups is 1. The third kappa shape index (κ3) is 5.78. The number of unbranched alkanes of at least 4 members (excludes halogenated alkanes) is 1. The number of aliphatic imine (C=N–C) groups is 1. The lowest BCUT2D eigenvalue weighted by molar-refractivity contribution is -0.0761. The zero-order chi connectivity index (χ0) is 21.5. The number of rotatable bonds is 8. The molecule has 4 rings (SSSR count). The second-order valence-electron chi connectivity index (χ2n) is 7.50. The van der Waals surface area contributed by atoms with Crippen LogP contribution in [0, 0.1) is 0 Å². The summed E-state index contributed by atoms with van der Waals surface area (Å²) in [5.41, 5.74) is 10.9. The Balaban J connectivity index is 1.13. The van der Waals surface area contributed by atoms with Crippen LogP contribution in [0.25, 0.3) is 10.4 Å². The molecular formula is C21H26ClN7O2. The molecule has 0 amide bonds. The van der Waals surface area contributed by atoms with E-state index in [1.807, 2.05) is 18.3 Å². The third-order valence-electron chi connectivity index (χ3n) is 5.45. The van der Waals surface area contributed by atoms with Gasteiger partial charge in [-0.25, -0.2) is 5.01 Å². The van der Waals surface area contributed by atoms with Crippen molar-refractivity contribution >= 4 is 29.2 Å². The maximum atomic E-state index is 8.40. The molecule has 9 nitrogen and oxygen atoms in total. The van der Waals surface area contributed by atoms with Crippen molar-refractivity contribution in [2.75, 3.05) is 50.9 Å². The predicted octanol–water partition coefficient (Wildman–Crippen LogP) is 4.26. The van der Waals surface area contributed by atoms with Crippen LogP contribution in [0.15, 0.2) is 52.4 Å². The molecule has 1 aromatic rings. The SMILES string of the molecule is [N-]=[N+]=NC1=COC(OCCCCN2CCN(N3CC=Nc4cc(Cl)ccc43)CC2)C=C1. The van der Waals surface area contributed by atoms with Gasteiger partial charge < -0.3 is 14.4 Å². The van der Waals surface area contributed by atoms with Gasteiger partial charge in [0.25, 0.3) is 0 Å². The van der Waals surface area contributed by atoms with Crippen molar-refractivity contribution in [2.24, 2.45) is 10.1 Å². The second kappa shape index (κ2) is 10.7. The summed E-state index contributed by atoms with van der Waals surface area (Å²) in [7, 11) is 0. The number of allylic oxidation sites excluding steroid dienone is 1. The summed E-state index contributed by atoms with van der Waals surface area (Å²) < 4.78 is 11.1. The molecular weight excluding hydrogens is 418 g/mol. The van der Waals surface area contributed by atoms with Crippen molar-refractivity contribution < 1.29 is 9.47 Å². The minimum Gasteiger partial charge on any atom is -0.468 e. The first-order valence-electron chi connectivity index (χ1n) is 10.5. The minimum atomic E-state index is -0.410. The number of nitrogens with zero attached hydrogens (tertiary/aromatic N) is 7. The highest BCUT2D eigenvalue weighted by molar-refractivity contribution is 6.31. The first-order valence-corrected chi connectivity index (χ1v) is 10.9. The molecule has 3 heterocycles. The van der Waals surface area contributed by atoms with Crippen LogP contribution in [0.4, 0.5) is 11.4 Å². The van der Waals surface area contributed by atoms with Gasteiger partial charge in [-0.1, -0.05) is 16.7 Å². The predicted molar refractivity (Wildman–Crippen MR) is 121 cm³/mol. The van der Waals surface area contributed by atoms with Crippen molar-refractivity contribution in [3.8, 4) is 0 Å². The molecule has 0 radical (unpaired) electrons. The average molecular weight is 444 g/mol. The topological polar surface area (TPSA) is 89.3 Å². The molecule has 1 fully saturated rings. The molecule has 0 saturated carbocycles. The molecule has 3 aliphatic heterocycles. The van der Waals surface area contributed by atoms with Crippen molar-refractivity contribution in [3.05, 3.63) is 57.8 Å². The molecule has 0 bridgehead atoms. The van der Waals surface area contributed by atoms with Crippen molar-refractivity contribution in [2.45, 2.75) is 19.1 Å². The Kier molecular flexibility index (Phi) is 7.45. The van der Waals surface area contributed by atoms with Crippen LogP contribution in [0.3, 0.4) is 0 Å². The highest BCUT2D eigenvalue weighted by Crippen LogP contribution is 2.34. The van der Waals surface area contributed by atoms with Gasteiger partial charge in [-0.3, -0.25) is 10.0 Å². The molecule has 3 aliphatic rings. The fourth-order valence-electron chi connectivity index (χ4n) is 3.84. The van der Waals surface area contributed by atoms with Gasteiger partial charge in [0.05, 0.1) is 36.5 Å². The summed E-state index contributed by atoms with van der Waals surface area (Å²) >= 11 is 6.11. The molecule has 1 saturated heterocycles. The number of benzene rings is 1. The van der Waals surface area contributed by atoms with E-state index in [1.54, 1.807) is 12.2 Å². The van der Waals surface area contributed by atoms with E-state index in [1.165, 1.54) is 6.26 Å². The number of ether oxygens (including phenoxy) is 2. The van der Waals surface area contributed by atoms with Crippen LogP contribution in [0.5, 0.6) is 0 Å². The molecule has 31 heavy (non-hydrogen) atoms. The van der Waals surface area contributed by atoms with Crippen LogP contribution < -0.4 is 5.01 Å². The molecule has 10 heteroatoms. The van der Waals surface area contributed by atoms with Gasteiger partial charge in [-0.15, -0.1) is 0 Å². The lowest BCUT2D eigenvalue weighted by Gasteiger charge is -2.43. The van der Waals surface area contributed by atoms with E-state index < -0.39 is 6.29 Å². The first kappa shape index (κ1) is 21.7. The quantitative estimate of drug-likeness (QED) is 0.259. The van der Waals surface area contributed by atoms with Gasteiger partial charge in [-0.2, -0.15) is 0 Å². The summed E-state index contributed by atoms with van der Waals surface area (Å²) in [5, 5.41) is 8.91. The van der Waals surface area contributed by atoms with E-state index in [2.05, 4.69) is 36.0 Å². The minimum absolute atomic E-state index is 0.410. The molecule has 0 aromatic heterocycles. The zero-order valence-corrected chi connectivity index (χ0v) is 18.1. The van der Waals surface area contributed by atoms with Gasteiger partial charge in [0, 0.05) is 42.3 Å². The lowest BCUT2D eigenvalue weighted by Crippen LogP contribution is -2.55. The van der Waals surface area contributed by atoms with Crippen molar-refractivity contribution in [1.29, 1.82) is 0 Å². The summed E-state index contributed by atoms with van der Waals surface area (Å²) in [6.45, 7) is 6.56. The number of fused-ring (bicyclic) bond motifs is 1. The van der Waals surface area contributed by atoms with Crippen LogP contribution in [0.2, 0.25) is 5.02 Å². The molecule has 1 unspecified atom stereocenters. The number of anilines is 1. The van der Waals surface area contributed by atoms with Crippen molar-refractivity contribution in [1.82, 2.24) is 9.91 Å². The smallest absolute Gasteiger partial charge is 0.219 e. The van der Waals surface area contributed by atoms with Crippen LogP contribution >= 0.6 is 11.6 Å². The van der Waals surface area contributed by atoms with E-state index in [4.69, 9.17) is 26.6 Å². The summed E-state index contributed by atoms with van der Waals surface area (Å²) in [6, 6.07) is 5.90. The maximum Gasteiger partial charge on any atom is 0.219 e. The molecule has 1 atom stereocenters. The average Bonchev–Trinajstić information content (AvgIpc) is 2.80. The Hall–Kier alpha value is -2.55. The largest absolute Gasteiger partial charge is 0.468 e. The normalized spacial score (nSPS) is 21.3. The van der Waals surface area contributed by atoms with Gasteiger partial charge in [-0.05, 0) is 55.3 Å². The van der Waals surface area contributed by atoms with Crippen LogP contribution in [-0.2, 0) is 9.47 Å². The Labute approximate surface area is 186 Å².